The third-order valence-electron chi connectivity index (χ3n) is 3.65. The van der Waals surface area contributed by atoms with Gasteiger partial charge in [0.25, 0.3) is 0 Å². The van der Waals surface area contributed by atoms with Crippen LogP contribution in [-0.4, -0.2) is 30.3 Å². The van der Waals surface area contributed by atoms with Crippen LogP contribution in [0.4, 0.5) is 4.79 Å². The minimum Gasteiger partial charge on any atom is -0.504 e. The van der Waals surface area contributed by atoms with Gasteiger partial charge in [0.2, 0.25) is 0 Å². The number of urea groups is 1. The summed E-state index contributed by atoms with van der Waals surface area (Å²) >= 11 is 0. The van der Waals surface area contributed by atoms with Gasteiger partial charge in [0.1, 0.15) is 0 Å². The Morgan fingerprint density at radius 2 is 2.08 bits per heavy atom. The highest BCUT2D eigenvalue weighted by molar-refractivity contribution is 5.95. The van der Waals surface area contributed by atoms with Crippen LogP contribution in [0.3, 0.4) is 0 Å². The van der Waals surface area contributed by atoms with Crippen LogP contribution in [-0.2, 0) is 9.53 Å². The molecule has 0 radical (unpaired) electrons. The number of hydrogen-bond donors (Lipinski definition) is 3. The first-order chi connectivity index (χ1) is 11.8. The Morgan fingerprint density at radius 3 is 2.72 bits per heavy atom. The first-order valence-corrected chi connectivity index (χ1v) is 8.24. The predicted molar refractivity (Wildman–Crippen MR) is 92.2 cm³/mol. The third-order valence-corrected chi connectivity index (χ3v) is 3.65. The van der Waals surface area contributed by atoms with Gasteiger partial charge in [-0.3, -0.25) is 0 Å². The molecule has 1 atom stereocenters. The monoisotopic (exact) mass is 348 g/mol. The molecule has 136 valence electrons. The first kappa shape index (κ1) is 18.6. The quantitative estimate of drug-likeness (QED) is 0.687. The lowest BCUT2D eigenvalue weighted by molar-refractivity contribution is -0.140. The number of ether oxygens (including phenoxy) is 2. The standard InChI is InChI=1S/C18H24N2O5/c1-5-24-14-8-12(6-7-13(14)21)16-15(11(4)19-18(23)20-16)17(22)25-9-10(2)3/h6-8,10,16,21H,5,9H2,1-4H3,(H2,19,20,23). The second-order valence-electron chi connectivity index (χ2n) is 6.22. The van der Waals surface area contributed by atoms with Crippen molar-refractivity contribution in [1.82, 2.24) is 10.6 Å². The number of phenols is 1. The molecule has 0 spiro atoms. The molecule has 0 saturated carbocycles. The second kappa shape index (κ2) is 7.92. The Kier molecular flexibility index (Phi) is 5.90. The molecule has 1 aromatic rings. The molecule has 3 N–H and O–H groups in total. The Labute approximate surface area is 147 Å². The van der Waals surface area contributed by atoms with Crippen LogP contribution in [0.25, 0.3) is 0 Å². The molecular formula is C18H24N2O5. The number of carbonyl (C=O) groups excluding carboxylic acids is 2. The van der Waals surface area contributed by atoms with Crippen molar-refractivity contribution in [2.45, 2.75) is 33.7 Å². The Bertz CT molecular complexity index is 697. The van der Waals surface area contributed by atoms with Gasteiger partial charge < -0.3 is 25.2 Å². The summed E-state index contributed by atoms with van der Waals surface area (Å²) in [7, 11) is 0. The van der Waals surface area contributed by atoms with Crippen molar-refractivity contribution in [3.63, 3.8) is 0 Å². The van der Waals surface area contributed by atoms with E-state index in [9.17, 15) is 14.7 Å². The van der Waals surface area contributed by atoms with Crippen molar-refractivity contribution in [3.05, 3.63) is 35.0 Å². The molecule has 25 heavy (non-hydrogen) atoms. The zero-order chi connectivity index (χ0) is 18.6. The molecule has 0 aromatic heterocycles. The van der Waals surface area contributed by atoms with Gasteiger partial charge in [-0.15, -0.1) is 0 Å². The van der Waals surface area contributed by atoms with E-state index in [-0.39, 0.29) is 18.3 Å². The van der Waals surface area contributed by atoms with Gasteiger partial charge in [-0.05, 0) is 37.5 Å². The summed E-state index contributed by atoms with van der Waals surface area (Å²) in [5.74, 6) is -0.00163. The van der Waals surface area contributed by atoms with E-state index in [1.54, 1.807) is 26.0 Å². The highest BCUT2D eigenvalue weighted by atomic mass is 16.5. The fourth-order valence-electron chi connectivity index (χ4n) is 2.52. The molecule has 2 rings (SSSR count). The zero-order valence-electron chi connectivity index (χ0n) is 14.9. The molecule has 0 aliphatic carbocycles. The molecule has 2 amide bonds. The van der Waals surface area contributed by atoms with Crippen LogP contribution >= 0.6 is 0 Å². The van der Waals surface area contributed by atoms with Crippen LogP contribution in [0.1, 0.15) is 39.3 Å². The SMILES string of the molecule is CCOc1cc(C2NC(=O)NC(C)=C2C(=O)OCC(C)C)ccc1O. The van der Waals surface area contributed by atoms with Crippen LogP contribution in [0.15, 0.2) is 29.5 Å². The summed E-state index contributed by atoms with van der Waals surface area (Å²) in [6.07, 6.45) is 0. The topological polar surface area (TPSA) is 96.9 Å². The molecule has 1 aliphatic rings. The summed E-state index contributed by atoms with van der Waals surface area (Å²) in [5, 5.41) is 15.2. The maximum Gasteiger partial charge on any atom is 0.338 e. The summed E-state index contributed by atoms with van der Waals surface area (Å²) in [6, 6.07) is 3.62. The van der Waals surface area contributed by atoms with Gasteiger partial charge in [-0.2, -0.15) is 0 Å². The van der Waals surface area contributed by atoms with E-state index in [1.807, 2.05) is 13.8 Å². The van der Waals surface area contributed by atoms with Crippen molar-refractivity contribution in [1.29, 1.82) is 0 Å². The predicted octanol–water partition coefficient (Wildman–Crippen LogP) is 2.62. The average Bonchev–Trinajstić information content (AvgIpc) is 2.54. The lowest BCUT2D eigenvalue weighted by Gasteiger charge is -2.28. The van der Waals surface area contributed by atoms with Crippen LogP contribution in [0.2, 0.25) is 0 Å². The number of allylic oxidation sites excluding steroid dienone is 1. The molecule has 7 heteroatoms. The molecule has 1 aromatic carbocycles. The fraction of sp³-hybridized carbons (Fsp3) is 0.444. The summed E-state index contributed by atoms with van der Waals surface area (Å²) in [5.41, 5.74) is 1.38. The lowest BCUT2D eigenvalue weighted by Crippen LogP contribution is -2.45. The van der Waals surface area contributed by atoms with E-state index in [0.717, 1.165) is 0 Å². The number of nitrogens with one attached hydrogen (secondary N) is 2. The fourth-order valence-corrected chi connectivity index (χ4v) is 2.52. The van der Waals surface area contributed by atoms with Crippen LogP contribution in [0.5, 0.6) is 11.5 Å². The number of hydrogen-bond acceptors (Lipinski definition) is 5. The van der Waals surface area contributed by atoms with E-state index < -0.39 is 18.0 Å². The normalized spacial score (nSPS) is 17.2. The summed E-state index contributed by atoms with van der Waals surface area (Å²) < 4.78 is 10.7. The van der Waals surface area contributed by atoms with Crippen molar-refractivity contribution in [2.75, 3.05) is 13.2 Å². The number of amides is 2. The molecule has 0 fully saturated rings. The molecule has 0 saturated heterocycles. The summed E-state index contributed by atoms with van der Waals surface area (Å²) in [6.45, 7) is 8.02. The molecule has 7 nitrogen and oxygen atoms in total. The number of phenolic OH excluding ortho intramolecular Hbond substituents is 1. The first-order valence-electron chi connectivity index (χ1n) is 8.24. The maximum atomic E-state index is 12.5. The zero-order valence-corrected chi connectivity index (χ0v) is 14.9. The van der Waals surface area contributed by atoms with Gasteiger partial charge in [0.05, 0.1) is 24.8 Å². The Morgan fingerprint density at radius 1 is 1.36 bits per heavy atom. The number of carbonyl (C=O) groups is 2. The minimum atomic E-state index is -0.687. The number of esters is 1. The Hall–Kier alpha value is -2.70. The van der Waals surface area contributed by atoms with E-state index >= 15 is 0 Å². The largest absolute Gasteiger partial charge is 0.504 e. The van der Waals surface area contributed by atoms with E-state index in [4.69, 9.17) is 9.47 Å². The molecule has 1 aliphatic heterocycles. The number of benzene rings is 1. The smallest absolute Gasteiger partial charge is 0.338 e. The van der Waals surface area contributed by atoms with Crippen molar-refractivity contribution in [3.8, 4) is 11.5 Å². The number of aromatic hydroxyl groups is 1. The van der Waals surface area contributed by atoms with Gasteiger partial charge in [0.15, 0.2) is 11.5 Å². The minimum absolute atomic E-state index is 0.00417. The highest BCUT2D eigenvalue weighted by Gasteiger charge is 2.32. The van der Waals surface area contributed by atoms with Crippen LogP contribution in [0, 0.1) is 5.92 Å². The van der Waals surface area contributed by atoms with Crippen molar-refractivity contribution >= 4 is 12.0 Å². The van der Waals surface area contributed by atoms with Crippen molar-refractivity contribution in [2.24, 2.45) is 5.92 Å². The van der Waals surface area contributed by atoms with E-state index in [1.165, 1.54) is 6.07 Å². The lowest BCUT2D eigenvalue weighted by atomic mass is 9.95. The Balaban J connectivity index is 2.38. The highest BCUT2D eigenvalue weighted by Crippen LogP contribution is 2.34. The molecule has 0 bridgehead atoms. The molecular weight excluding hydrogens is 324 g/mol. The van der Waals surface area contributed by atoms with Gasteiger partial charge in [-0.25, -0.2) is 9.59 Å². The van der Waals surface area contributed by atoms with E-state index in [0.29, 0.717) is 29.2 Å². The van der Waals surface area contributed by atoms with Gasteiger partial charge >= 0.3 is 12.0 Å². The molecule has 1 unspecified atom stereocenters. The van der Waals surface area contributed by atoms with Crippen LogP contribution < -0.4 is 15.4 Å². The maximum absolute atomic E-state index is 12.5. The van der Waals surface area contributed by atoms with E-state index in [2.05, 4.69) is 10.6 Å². The third kappa shape index (κ3) is 4.43. The van der Waals surface area contributed by atoms with Crippen molar-refractivity contribution < 1.29 is 24.2 Å². The summed E-state index contributed by atoms with van der Waals surface area (Å²) in [4.78, 5) is 24.4. The molecule has 1 heterocycles. The second-order valence-corrected chi connectivity index (χ2v) is 6.22. The van der Waals surface area contributed by atoms with Gasteiger partial charge in [-0.1, -0.05) is 19.9 Å². The number of rotatable bonds is 6. The average molecular weight is 348 g/mol. The van der Waals surface area contributed by atoms with Gasteiger partial charge in [0, 0.05) is 5.70 Å².